The van der Waals surface area contributed by atoms with Crippen molar-refractivity contribution in [3.8, 4) is 5.88 Å². The van der Waals surface area contributed by atoms with Gasteiger partial charge in [-0.05, 0) is 18.6 Å². The third-order valence-corrected chi connectivity index (χ3v) is 2.94. The Kier molecular flexibility index (Phi) is 4.31. The van der Waals surface area contributed by atoms with E-state index < -0.39 is 0 Å². The van der Waals surface area contributed by atoms with Crippen LogP contribution in [-0.2, 0) is 6.54 Å². The molecule has 0 radical (unpaired) electrons. The molecule has 0 fully saturated rings. The molecule has 3 heteroatoms. The minimum Gasteiger partial charge on any atom is -0.481 e. The van der Waals surface area contributed by atoms with Crippen LogP contribution in [0.15, 0.2) is 48.7 Å². The Balaban J connectivity index is 1.99. The van der Waals surface area contributed by atoms with E-state index in [4.69, 9.17) is 4.74 Å². The first kappa shape index (κ1) is 12.6. The van der Waals surface area contributed by atoms with Crippen LogP contribution in [0.5, 0.6) is 5.88 Å². The van der Waals surface area contributed by atoms with E-state index in [9.17, 15) is 0 Å². The molecule has 0 spiro atoms. The monoisotopic (exact) mass is 242 g/mol. The molecule has 2 aromatic rings. The van der Waals surface area contributed by atoms with Gasteiger partial charge in [-0.25, -0.2) is 4.98 Å². The number of benzene rings is 1. The van der Waals surface area contributed by atoms with Gasteiger partial charge in [0.15, 0.2) is 0 Å². The first-order valence-electron chi connectivity index (χ1n) is 6.07. The Morgan fingerprint density at radius 1 is 1.17 bits per heavy atom. The quantitative estimate of drug-likeness (QED) is 0.875. The maximum atomic E-state index is 5.23. The van der Waals surface area contributed by atoms with E-state index in [1.165, 1.54) is 5.56 Å². The van der Waals surface area contributed by atoms with Gasteiger partial charge in [0.2, 0.25) is 5.88 Å². The zero-order chi connectivity index (χ0) is 12.8. The lowest BCUT2D eigenvalue weighted by Gasteiger charge is -2.15. The van der Waals surface area contributed by atoms with Crippen molar-refractivity contribution in [3.63, 3.8) is 0 Å². The number of methoxy groups -OCH3 is 1. The predicted molar refractivity (Wildman–Crippen MR) is 72.5 cm³/mol. The fourth-order valence-electron chi connectivity index (χ4n) is 1.87. The van der Waals surface area contributed by atoms with Gasteiger partial charge in [0, 0.05) is 24.3 Å². The number of hydrogen-bond donors (Lipinski definition) is 1. The Hall–Kier alpha value is -1.87. The lowest BCUT2D eigenvalue weighted by atomic mass is 10.1. The molecule has 0 amide bonds. The number of nitrogens with zero attached hydrogens (tertiary/aromatic N) is 1. The highest BCUT2D eigenvalue weighted by molar-refractivity contribution is 5.25. The first-order valence-corrected chi connectivity index (χ1v) is 6.07. The van der Waals surface area contributed by atoms with Gasteiger partial charge < -0.3 is 10.1 Å². The average molecular weight is 242 g/mol. The van der Waals surface area contributed by atoms with Crippen LogP contribution in [0.1, 0.15) is 24.1 Å². The van der Waals surface area contributed by atoms with Crippen LogP contribution < -0.4 is 10.1 Å². The molecule has 0 unspecified atom stereocenters. The van der Waals surface area contributed by atoms with E-state index in [1.54, 1.807) is 13.3 Å². The second-order valence-corrected chi connectivity index (χ2v) is 4.19. The summed E-state index contributed by atoms with van der Waals surface area (Å²) in [4.78, 5) is 4.19. The van der Waals surface area contributed by atoms with E-state index >= 15 is 0 Å². The van der Waals surface area contributed by atoms with Crippen LogP contribution in [0.25, 0.3) is 0 Å². The molecule has 1 heterocycles. The molecular weight excluding hydrogens is 224 g/mol. The summed E-state index contributed by atoms with van der Waals surface area (Å²) < 4.78 is 5.23. The third kappa shape index (κ3) is 3.08. The molecule has 1 aromatic carbocycles. The maximum absolute atomic E-state index is 5.23. The molecular formula is C15H18N2O. The molecule has 1 atom stereocenters. The summed E-state index contributed by atoms with van der Waals surface area (Å²) in [6, 6.07) is 14.6. The van der Waals surface area contributed by atoms with Gasteiger partial charge in [-0.15, -0.1) is 0 Å². The van der Waals surface area contributed by atoms with E-state index in [2.05, 4.69) is 41.5 Å². The summed E-state index contributed by atoms with van der Waals surface area (Å²) in [5.41, 5.74) is 2.35. The number of hydrogen-bond acceptors (Lipinski definition) is 3. The predicted octanol–water partition coefficient (Wildman–Crippen LogP) is 2.94. The second-order valence-electron chi connectivity index (χ2n) is 4.19. The molecule has 0 aliphatic rings. The summed E-state index contributed by atoms with van der Waals surface area (Å²) in [6.45, 7) is 2.89. The summed E-state index contributed by atoms with van der Waals surface area (Å²) in [6.07, 6.45) is 1.74. The molecule has 1 N–H and O–H groups in total. The van der Waals surface area contributed by atoms with Gasteiger partial charge in [0.25, 0.3) is 0 Å². The summed E-state index contributed by atoms with van der Waals surface area (Å²) in [5.74, 6) is 0.685. The van der Waals surface area contributed by atoms with Crippen molar-refractivity contribution in [2.24, 2.45) is 0 Å². The molecule has 0 bridgehead atoms. The van der Waals surface area contributed by atoms with Gasteiger partial charge in [-0.3, -0.25) is 0 Å². The van der Waals surface area contributed by atoms with Crippen molar-refractivity contribution in [2.75, 3.05) is 7.11 Å². The molecule has 0 saturated carbocycles. The van der Waals surface area contributed by atoms with E-state index in [0.29, 0.717) is 11.9 Å². The summed E-state index contributed by atoms with van der Waals surface area (Å²) in [5, 5.41) is 3.47. The van der Waals surface area contributed by atoms with Gasteiger partial charge in [-0.2, -0.15) is 0 Å². The topological polar surface area (TPSA) is 34.1 Å². The van der Waals surface area contributed by atoms with Gasteiger partial charge >= 0.3 is 0 Å². The van der Waals surface area contributed by atoms with Gasteiger partial charge in [0.1, 0.15) is 0 Å². The highest BCUT2D eigenvalue weighted by atomic mass is 16.5. The number of ether oxygens (including phenoxy) is 1. The van der Waals surface area contributed by atoms with Crippen molar-refractivity contribution < 1.29 is 4.74 Å². The number of rotatable bonds is 5. The van der Waals surface area contributed by atoms with E-state index in [-0.39, 0.29) is 0 Å². The Labute approximate surface area is 108 Å². The fourth-order valence-corrected chi connectivity index (χ4v) is 1.87. The maximum Gasteiger partial charge on any atom is 0.217 e. The smallest absolute Gasteiger partial charge is 0.217 e. The minimum atomic E-state index is 0.302. The molecule has 3 nitrogen and oxygen atoms in total. The number of pyridine rings is 1. The molecule has 0 aliphatic carbocycles. The van der Waals surface area contributed by atoms with Crippen molar-refractivity contribution >= 4 is 0 Å². The number of nitrogens with one attached hydrogen (secondary N) is 1. The normalized spacial score (nSPS) is 12.1. The van der Waals surface area contributed by atoms with Crippen LogP contribution >= 0.6 is 0 Å². The molecule has 0 aliphatic heterocycles. The molecule has 0 saturated heterocycles. The zero-order valence-electron chi connectivity index (χ0n) is 10.8. The fraction of sp³-hybridized carbons (Fsp3) is 0.267. The summed E-state index contributed by atoms with van der Waals surface area (Å²) in [7, 11) is 1.65. The van der Waals surface area contributed by atoms with Crippen LogP contribution in [0.2, 0.25) is 0 Å². The first-order chi connectivity index (χ1) is 8.81. The van der Waals surface area contributed by atoms with E-state index in [0.717, 1.165) is 12.1 Å². The average Bonchev–Trinajstić information content (AvgIpc) is 2.46. The van der Waals surface area contributed by atoms with E-state index in [1.807, 2.05) is 18.2 Å². The SMILES string of the molecule is COc1ncccc1CN[C@H](C)c1ccccc1. The molecule has 18 heavy (non-hydrogen) atoms. The van der Waals surface area contributed by atoms with Crippen molar-refractivity contribution in [3.05, 3.63) is 59.8 Å². The largest absolute Gasteiger partial charge is 0.481 e. The second kappa shape index (κ2) is 6.17. The van der Waals surface area contributed by atoms with Gasteiger partial charge in [0.05, 0.1) is 7.11 Å². The van der Waals surface area contributed by atoms with Crippen LogP contribution in [-0.4, -0.2) is 12.1 Å². The van der Waals surface area contributed by atoms with Crippen molar-refractivity contribution in [2.45, 2.75) is 19.5 Å². The lowest BCUT2D eigenvalue weighted by molar-refractivity contribution is 0.389. The van der Waals surface area contributed by atoms with Crippen LogP contribution in [0, 0.1) is 0 Å². The zero-order valence-corrected chi connectivity index (χ0v) is 10.8. The third-order valence-electron chi connectivity index (χ3n) is 2.94. The summed E-state index contributed by atoms with van der Waals surface area (Å²) >= 11 is 0. The highest BCUT2D eigenvalue weighted by Gasteiger charge is 2.07. The van der Waals surface area contributed by atoms with Crippen molar-refractivity contribution in [1.82, 2.24) is 10.3 Å². The van der Waals surface area contributed by atoms with Gasteiger partial charge in [-0.1, -0.05) is 36.4 Å². The van der Waals surface area contributed by atoms with Crippen LogP contribution in [0.3, 0.4) is 0 Å². The molecule has 94 valence electrons. The Bertz CT molecular complexity index is 485. The molecule has 1 aromatic heterocycles. The van der Waals surface area contributed by atoms with Crippen molar-refractivity contribution in [1.29, 1.82) is 0 Å². The minimum absolute atomic E-state index is 0.302. The standard InChI is InChI=1S/C15H18N2O/c1-12(13-7-4-3-5-8-13)17-11-14-9-6-10-16-15(14)18-2/h3-10,12,17H,11H2,1-2H3/t12-/m1/s1. The number of aromatic nitrogens is 1. The van der Waals surface area contributed by atoms with Crippen LogP contribution in [0.4, 0.5) is 0 Å². The Morgan fingerprint density at radius 3 is 2.67 bits per heavy atom. The molecule has 2 rings (SSSR count). The Morgan fingerprint density at radius 2 is 1.94 bits per heavy atom. The lowest BCUT2D eigenvalue weighted by Crippen LogP contribution is -2.18. The highest BCUT2D eigenvalue weighted by Crippen LogP contribution is 2.16.